The van der Waals surface area contributed by atoms with Crippen LogP contribution in [0.25, 0.3) is 11.5 Å². The molecule has 0 amide bonds. The summed E-state index contributed by atoms with van der Waals surface area (Å²) in [4.78, 5) is 9.74. The van der Waals surface area contributed by atoms with Gasteiger partial charge in [0.25, 0.3) is 5.89 Å². The van der Waals surface area contributed by atoms with Crippen LogP contribution in [0, 0.1) is 0 Å². The van der Waals surface area contributed by atoms with Crippen LogP contribution >= 0.6 is 11.3 Å². The fraction of sp³-hybridized carbons (Fsp3) is 0.154. The zero-order valence-corrected chi connectivity index (χ0v) is 10.9. The average molecular weight is 272 g/mol. The van der Waals surface area contributed by atoms with Gasteiger partial charge in [0.1, 0.15) is 0 Å². The summed E-state index contributed by atoms with van der Waals surface area (Å²) in [5, 5.41) is 6.03. The molecule has 2 N–H and O–H groups in total. The molecule has 3 heterocycles. The summed E-state index contributed by atoms with van der Waals surface area (Å²) in [6.07, 6.45) is 2.39. The standard InChI is InChI=1S/C13H12N4OS/c14-8-10-6-9(3-4-15-10)13-16-12(17-18-13)7-11-2-1-5-19-11/h1-6H,7-8,14H2. The number of hydrogen-bond acceptors (Lipinski definition) is 6. The molecule has 0 aliphatic rings. The summed E-state index contributed by atoms with van der Waals surface area (Å²) in [6.45, 7) is 0.393. The zero-order valence-electron chi connectivity index (χ0n) is 10.1. The Balaban J connectivity index is 1.84. The highest BCUT2D eigenvalue weighted by atomic mass is 32.1. The van der Waals surface area contributed by atoms with Crippen molar-refractivity contribution in [3.63, 3.8) is 0 Å². The molecule has 0 aliphatic heterocycles. The van der Waals surface area contributed by atoms with Crippen LogP contribution in [0.15, 0.2) is 40.4 Å². The molecular weight excluding hydrogens is 260 g/mol. The van der Waals surface area contributed by atoms with Gasteiger partial charge in [-0.1, -0.05) is 11.2 Å². The first-order valence-electron chi connectivity index (χ1n) is 5.85. The van der Waals surface area contributed by atoms with Crippen molar-refractivity contribution in [3.8, 4) is 11.5 Å². The van der Waals surface area contributed by atoms with E-state index in [1.54, 1.807) is 17.5 Å². The Morgan fingerprint density at radius 3 is 3.05 bits per heavy atom. The molecule has 3 aromatic heterocycles. The van der Waals surface area contributed by atoms with Crippen molar-refractivity contribution in [2.24, 2.45) is 5.73 Å². The molecule has 0 unspecified atom stereocenters. The topological polar surface area (TPSA) is 77.8 Å². The van der Waals surface area contributed by atoms with E-state index in [9.17, 15) is 0 Å². The maximum absolute atomic E-state index is 5.56. The van der Waals surface area contributed by atoms with Gasteiger partial charge in [0.05, 0.1) is 5.69 Å². The van der Waals surface area contributed by atoms with E-state index in [2.05, 4.69) is 21.2 Å². The number of pyridine rings is 1. The van der Waals surface area contributed by atoms with Crippen LogP contribution in [-0.4, -0.2) is 15.1 Å². The lowest BCUT2D eigenvalue weighted by Crippen LogP contribution is -1.99. The van der Waals surface area contributed by atoms with Crippen molar-refractivity contribution in [1.29, 1.82) is 0 Å². The summed E-state index contributed by atoms with van der Waals surface area (Å²) in [6, 6.07) is 7.76. The highest BCUT2D eigenvalue weighted by Gasteiger charge is 2.10. The Bertz CT molecular complexity index is 663. The van der Waals surface area contributed by atoms with Crippen LogP contribution in [0.4, 0.5) is 0 Å². The molecule has 19 heavy (non-hydrogen) atoms. The number of rotatable bonds is 4. The fourth-order valence-electron chi connectivity index (χ4n) is 1.73. The highest BCUT2D eigenvalue weighted by Crippen LogP contribution is 2.19. The summed E-state index contributed by atoms with van der Waals surface area (Å²) in [5.74, 6) is 1.19. The Kier molecular flexibility index (Phi) is 3.35. The lowest BCUT2D eigenvalue weighted by molar-refractivity contribution is 0.424. The van der Waals surface area contributed by atoms with Gasteiger partial charge in [-0.2, -0.15) is 4.98 Å². The first-order chi connectivity index (χ1) is 9.35. The van der Waals surface area contributed by atoms with Gasteiger partial charge in [0, 0.05) is 29.6 Å². The van der Waals surface area contributed by atoms with E-state index in [-0.39, 0.29) is 0 Å². The highest BCUT2D eigenvalue weighted by molar-refractivity contribution is 7.09. The van der Waals surface area contributed by atoms with Crippen molar-refractivity contribution in [2.45, 2.75) is 13.0 Å². The van der Waals surface area contributed by atoms with Gasteiger partial charge in [-0.15, -0.1) is 11.3 Å². The van der Waals surface area contributed by atoms with Crippen molar-refractivity contribution in [1.82, 2.24) is 15.1 Å². The van der Waals surface area contributed by atoms with E-state index < -0.39 is 0 Å². The van der Waals surface area contributed by atoms with Gasteiger partial charge in [-0.3, -0.25) is 4.98 Å². The van der Waals surface area contributed by atoms with E-state index in [1.165, 1.54) is 4.88 Å². The molecule has 0 radical (unpaired) electrons. The van der Waals surface area contributed by atoms with E-state index in [0.29, 0.717) is 24.7 Å². The fourth-order valence-corrected chi connectivity index (χ4v) is 2.44. The third-order valence-electron chi connectivity index (χ3n) is 2.65. The quantitative estimate of drug-likeness (QED) is 0.788. The second kappa shape index (κ2) is 5.29. The maximum Gasteiger partial charge on any atom is 0.258 e. The second-order valence-corrected chi connectivity index (χ2v) is 5.04. The van der Waals surface area contributed by atoms with Gasteiger partial charge in [-0.05, 0) is 23.6 Å². The van der Waals surface area contributed by atoms with Gasteiger partial charge < -0.3 is 10.3 Å². The molecule has 0 aromatic carbocycles. The summed E-state index contributed by atoms with van der Waals surface area (Å²) in [5.41, 5.74) is 7.21. The van der Waals surface area contributed by atoms with E-state index in [1.807, 2.05) is 23.6 Å². The minimum atomic E-state index is 0.393. The van der Waals surface area contributed by atoms with Crippen molar-refractivity contribution in [2.75, 3.05) is 0 Å². The van der Waals surface area contributed by atoms with Gasteiger partial charge in [-0.25, -0.2) is 0 Å². The molecule has 0 bridgehead atoms. The molecule has 0 spiro atoms. The molecular formula is C13H12N4OS. The van der Waals surface area contributed by atoms with Crippen LogP contribution in [0.1, 0.15) is 16.4 Å². The number of nitrogens with two attached hydrogens (primary N) is 1. The van der Waals surface area contributed by atoms with Crippen molar-refractivity contribution in [3.05, 3.63) is 52.2 Å². The van der Waals surface area contributed by atoms with Crippen LogP contribution in [0.2, 0.25) is 0 Å². The maximum atomic E-state index is 5.56. The van der Waals surface area contributed by atoms with Gasteiger partial charge in [0.2, 0.25) is 0 Å². The molecule has 0 aliphatic carbocycles. The molecule has 3 aromatic rings. The number of nitrogens with zero attached hydrogens (tertiary/aromatic N) is 3. The van der Waals surface area contributed by atoms with Crippen molar-refractivity contribution >= 4 is 11.3 Å². The lowest BCUT2D eigenvalue weighted by Gasteiger charge is -1.97. The normalized spacial score (nSPS) is 10.8. The molecule has 6 heteroatoms. The van der Waals surface area contributed by atoms with Gasteiger partial charge in [0.15, 0.2) is 5.82 Å². The van der Waals surface area contributed by atoms with Crippen LogP contribution in [0.3, 0.4) is 0 Å². The predicted octanol–water partition coefficient (Wildman–Crippen LogP) is 2.24. The molecule has 3 rings (SSSR count). The minimum Gasteiger partial charge on any atom is -0.334 e. The number of hydrogen-bond donors (Lipinski definition) is 1. The molecule has 0 saturated heterocycles. The number of thiophene rings is 1. The van der Waals surface area contributed by atoms with E-state index >= 15 is 0 Å². The van der Waals surface area contributed by atoms with Crippen LogP contribution in [-0.2, 0) is 13.0 Å². The van der Waals surface area contributed by atoms with Crippen molar-refractivity contribution < 1.29 is 4.52 Å². The molecule has 0 fully saturated rings. The Morgan fingerprint density at radius 2 is 2.26 bits per heavy atom. The zero-order chi connectivity index (χ0) is 13.1. The summed E-state index contributed by atoms with van der Waals surface area (Å²) in [7, 11) is 0. The monoisotopic (exact) mass is 272 g/mol. The summed E-state index contributed by atoms with van der Waals surface area (Å²) < 4.78 is 5.27. The lowest BCUT2D eigenvalue weighted by atomic mass is 10.2. The van der Waals surface area contributed by atoms with Gasteiger partial charge >= 0.3 is 0 Å². The van der Waals surface area contributed by atoms with Crippen LogP contribution in [0.5, 0.6) is 0 Å². The Hall–Kier alpha value is -2.05. The first-order valence-corrected chi connectivity index (χ1v) is 6.73. The minimum absolute atomic E-state index is 0.393. The molecule has 5 nitrogen and oxygen atoms in total. The van der Waals surface area contributed by atoms with E-state index in [0.717, 1.165) is 11.3 Å². The average Bonchev–Trinajstić information content (AvgIpc) is 3.11. The largest absolute Gasteiger partial charge is 0.334 e. The third kappa shape index (κ3) is 2.69. The smallest absolute Gasteiger partial charge is 0.258 e. The van der Waals surface area contributed by atoms with E-state index in [4.69, 9.17) is 10.3 Å². The predicted molar refractivity (Wildman–Crippen MR) is 72.5 cm³/mol. The third-order valence-corrected chi connectivity index (χ3v) is 3.53. The second-order valence-electron chi connectivity index (χ2n) is 4.01. The SMILES string of the molecule is NCc1cc(-c2nc(Cc3cccs3)no2)ccn1. The van der Waals surface area contributed by atoms with Crippen LogP contribution < -0.4 is 5.73 Å². The molecule has 0 atom stereocenters. The summed E-state index contributed by atoms with van der Waals surface area (Å²) >= 11 is 1.68. The molecule has 0 saturated carbocycles. The number of aromatic nitrogens is 3. The first kappa shape index (κ1) is 12.0. The Labute approximate surface area is 114 Å². The molecule has 96 valence electrons. The Morgan fingerprint density at radius 1 is 1.32 bits per heavy atom.